The van der Waals surface area contributed by atoms with Crippen LogP contribution >= 0.6 is 0 Å². The van der Waals surface area contributed by atoms with E-state index in [0.29, 0.717) is 38.1 Å². The molecule has 10 heteroatoms. The van der Waals surface area contributed by atoms with Crippen LogP contribution in [0, 0.1) is 0 Å². The monoisotopic (exact) mass is 488 g/mol. The zero-order valence-corrected chi connectivity index (χ0v) is 20.8. The molecule has 0 radical (unpaired) electrons. The summed E-state index contributed by atoms with van der Waals surface area (Å²) in [5, 5.41) is 5.58. The number of nitrogens with one attached hydrogen (secondary N) is 2. The predicted octanol–water partition coefficient (Wildman–Crippen LogP) is 3.25. The van der Waals surface area contributed by atoms with E-state index in [0.717, 1.165) is 48.7 Å². The maximum Gasteiger partial charge on any atom is 0.319 e. The number of aromatic nitrogens is 4. The van der Waals surface area contributed by atoms with Gasteiger partial charge in [0.25, 0.3) is 0 Å². The van der Waals surface area contributed by atoms with E-state index in [1.165, 1.54) is 5.56 Å². The maximum absolute atomic E-state index is 11.9. The fraction of sp³-hybridized carbons (Fsp3) is 0.423. The average Bonchev–Trinajstić information content (AvgIpc) is 2.93. The lowest BCUT2D eigenvalue weighted by Crippen LogP contribution is -2.47. The third kappa shape index (κ3) is 5.08. The van der Waals surface area contributed by atoms with Crippen molar-refractivity contribution in [1.82, 2.24) is 25.3 Å². The number of carbonyl (C=O) groups excluding carboxylic acids is 1. The minimum Gasteiger partial charge on any atom is -0.377 e. The predicted molar refractivity (Wildman–Crippen MR) is 139 cm³/mol. The van der Waals surface area contributed by atoms with E-state index in [-0.39, 0.29) is 12.1 Å². The van der Waals surface area contributed by atoms with Gasteiger partial charge in [-0.15, -0.1) is 0 Å². The van der Waals surface area contributed by atoms with Crippen LogP contribution in [-0.4, -0.2) is 64.9 Å². The van der Waals surface area contributed by atoms with Crippen molar-refractivity contribution in [2.24, 2.45) is 0 Å². The van der Waals surface area contributed by atoms with Crippen molar-refractivity contribution in [3.8, 4) is 11.4 Å². The molecule has 2 N–H and O–H groups in total. The van der Waals surface area contributed by atoms with Gasteiger partial charge in [0.1, 0.15) is 5.82 Å². The van der Waals surface area contributed by atoms with Gasteiger partial charge >= 0.3 is 6.03 Å². The van der Waals surface area contributed by atoms with Crippen LogP contribution in [0.5, 0.6) is 0 Å². The molecular weight excluding hydrogens is 456 g/mol. The molecule has 3 aromatic rings. The van der Waals surface area contributed by atoms with Crippen LogP contribution in [0.4, 0.5) is 22.2 Å². The molecule has 2 aliphatic heterocycles. The Balaban J connectivity index is 1.51. The minimum atomic E-state index is -0.223. The molecule has 188 valence electrons. The second kappa shape index (κ2) is 10.9. The third-order valence-electron chi connectivity index (χ3n) is 6.59. The van der Waals surface area contributed by atoms with Crippen LogP contribution < -0.4 is 20.4 Å². The molecule has 1 fully saturated rings. The number of hydrogen-bond donors (Lipinski definition) is 2. The Morgan fingerprint density at radius 3 is 2.67 bits per heavy atom. The quantitative estimate of drug-likeness (QED) is 0.544. The average molecular weight is 489 g/mol. The zero-order chi connectivity index (χ0) is 24.9. The lowest BCUT2D eigenvalue weighted by Gasteiger charge is -2.39. The number of urea groups is 1. The van der Waals surface area contributed by atoms with Gasteiger partial charge < -0.3 is 25.2 Å². The highest BCUT2D eigenvalue weighted by molar-refractivity contribution is 5.89. The molecule has 36 heavy (non-hydrogen) atoms. The van der Waals surface area contributed by atoms with Crippen molar-refractivity contribution >= 4 is 23.5 Å². The molecule has 10 nitrogen and oxygen atoms in total. The fourth-order valence-corrected chi connectivity index (χ4v) is 4.71. The highest BCUT2D eigenvalue weighted by atomic mass is 16.5. The summed E-state index contributed by atoms with van der Waals surface area (Å²) in [4.78, 5) is 35.5. The maximum atomic E-state index is 11.9. The lowest BCUT2D eigenvalue weighted by molar-refractivity contribution is 0.0924. The zero-order valence-electron chi connectivity index (χ0n) is 20.8. The van der Waals surface area contributed by atoms with Crippen LogP contribution in [0.15, 0.2) is 42.7 Å². The Morgan fingerprint density at radius 2 is 1.92 bits per heavy atom. The summed E-state index contributed by atoms with van der Waals surface area (Å²) in [5.41, 5.74) is 3.81. The molecule has 0 saturated carbocycles. The normalized spacial score (nSPS) is 17.4. The highest BCUT2D eigenvalue weighted by Gasteiger charge is 2.30. The molecule has 4 heterocycles. The summed E-state index contributed by atoms with van der Waals surface area (Å²) < 4.78 is 5.77. The first-order valence-electron chi connectivity index (χ1n) is 12.6. The molecule has 1 atom stereocenters. The van der Waals surface area contributed by atoms with Gasteiger partial charge in [-0.3, -0.25) is 0 Å². The Labute approximate surface area is 211 Å². The smallest absolute Gasteiger partial charge is 0.319 e. The van der Waals surface area contributed by atoms with Crippen LogP contribution in [-0.2, 0) is 17.7 Å². The minimum absolute atomic E-state index is 0.223. The van der Waals surface area contributed by atoms with E-state index in [9.17, 15) is 4.79 Å². The Bertz CT molecular complexity index is 1190. The van der Waals surface area contributed by atoms with Crippen molar-refractivity contribution in [1.29, 1.82) is 0 Å². The first-order valence-corrected chi connectivity index (χ1v) is 12.6. The number of nitrogens with zero attached hydrogens (tertiary/aromatic N) is 6. The second-order valence-corrected chi connectivity index (χ2v) is 8.91. The van der Waals surface area contributed by atoms with E-state index in [2.05, 4.69) is 37.3 Å². The summed E-state index contributed by atoms with van der Waals surface area (Å²) in [6, 6.07) is 9.54. The largest absolute Gasteiger partial charge is 0.377 e. The Hall–Kier alpha value is -3.79. The molecule has 0 bridgehead atoms. The van der Waals surface area contributed by atoms with Gasteiger partial charge in [0.05, 0.1) is 31.5 Å². The SMILES string of the molecule is CCNC(=O)Nc1ccc(-c2nc3c(c(N4CCOCC4CC)n2)CCN(c2ncccn2)C3)cc1. The lowest BCUT2D eigenvalue weighted by atomic mass is 10.0. The highest BCUT2D eigenvalue weighted by Crippen LogP contribution is 2.33. The first-order chi connectivity index (χ1) is 17.7. The van der Waals surface area contributed by atoms with E-state index < -0.39 is 0 Å². The molecule has 5 rings (SSSR count). The number of morpholine rings is 1. The van der Waals surface area contributed by atoms with E-state index in [1.807, 2.05) is 37.3 Å². The Kier molecular flexibility index (Phi) is 7.22. The van der Waals surface area contributed by atoms with Crippen molar-refractivity contribution in [3.63, 3.8) is 0 Å². The third-order valence-corrected chi connectivity index (χ3v) is 6.59. The summed E-state index contributed by atoms with van der Waals surface area (Å²) in [5.74, 6) is 2.39. The van der Waals surface area contributed by atoms with Gasteiger partial charge in [-0.1, -0.05) is 6.92 Å². The summed E-state index contributed by atoms with van der Waals surface area (Å²) >= 11 is 0. The van der Waals surface area contributed by atoms with E-state index in [1.54, 1.807) is 12.4 Å². The number of anilines is 3. The summed E-state index contributed by atoms with van der Waals surface area (Å²) in [6.45, 7) is 8.28. The van der Waals surface area contributed by atoms with Gasteiger partial charge in [-0.05, 0) is 50.1 Å². The van der Waals surface area contributed by atoms with E-state index in [4.69, 9.17) is 14.7 Å². The molecule has 2 aliphatic rings. The molecule has 2 aromatic heterocycles. The number of hydrogen-bond acceptors (Lipinski definition) is 8. The van der Waals surface area contributed by atoms with Crippen molar-refractivity contribution < 1.29 is 9.53 Å². The molecule has 1 saturated heterocycles. The number of ether oxygens (including phenoxy) is 1. The van der Waals surface area contributed by atoms with Gasteiger partial charge in [0.2, 0.25) is 5.95 Å². The van der Waals surface area contributed by atoms with Gasteiger partial charge in [0.15, 0.2) is 5.82 Å². The van der Waals surface area contributed by atoms with Crippen molar-refractivity contribution in [2.75, 3.05) is 48.0 Å². The molecule has 2 amide bonds. The van der Waals surface area contributed by atoms with Gasteiger partial charge in [-0.25, -0.2) is 24.7 Å². The second-order valence-electron chi connectivity index (χ2n) is 8.91. The van der Waals surface area contributed by atoms with Crippen molar-refractivity contribution in [2.45, 2.75) is 39.3 Å². The first kappa shape index (κ1) is 23.9. The van der Waals surface area contributed by atoms with Crippen LogP contribution in [0.3, 0.4) is 0 Å². The summed E-state index contributed by atoms with van der Waals surface area (Å²) in [7, 11) is 0. The number of benzene rings is 1. The van der Waals surface area contributed by atoms with Crippen molar-refractivity contribution in [3.05, 3.63) is 54.0 Å². The fourth-order valence-electron chi connectivity index (χ4n) is 4.71. The number of rotatable bonds is 6. The van der Waals surface area contributed by atoms with E-state index >= 15 is 0 Å². The summed E-state index contributed by atoms with van der Waals surface area (Å²) in [6.07, 6.45) is 5.35. The molecule has 1 aromatic carbocycles. The standard InChI is InChI=1S/C26H32N8O2/c1-3-20-17-36-15-14-34(20)24-21-10-13-33(25-28-11-5-12-29-25)16-22(21)31-23(32-24)18-6-8-19(9-7-18)30-26(35)27-4-2/h5-9,11-12,20H,3-4,10,13-17H2,1-2H3,(H2,27,30,35). The number of carbonyl (C=O) groups is 1. The van der Waals surface area contributed by atoms with Gasteiger partial charge in [0, 0.05) is 48.8 Å². The van der Waals surface area contributed by atoms with Crippen LogP contribution in [0.25, 0.3) is 11.4 Å². The Morgan fingerprint density at radius 1 is 1.11 bits per heavy atom. The molecule has 0 aliphatic carbocycles. The molecule has 1 unspecified atom stereocenters. The number of fused-ring (bicyclic) bond motifs is 1. The van der Waals surface area contributed by atoms with Crippen LogP contribution in [0.1, 0.15) is 31.5 Å². The number of amides is 2. The molecule has 0 spiro atoms. The topological polar surface area (TPSA) is 108 Å². The van der Waals surface area contributed by atoms with Crippen LogP contribution in [0.2, 0.25) is 0 Å². The van der Waals surface area contributed by atoms with Gasteiger partial charge in [-0.2, -0.15) is 0 Å². The molecular formula is C26H32N8O2.